The van der Waals surface area contributed by atoms with Gasteiger partial charge in [-0.1, -0.05) is 54.2 Å². The Bertz CT molecular complexity index is 1460. The molecule has 0 saturated carbocycles. The first kappa shape index (κ1) is 23.4. The van der Waals surface area contributed by atoms with E-state index in [4.69, 9.17) is 0 Å². The van der Waals surface area contributed by atoms with E-state index < -0.39 is 4.92 Å². The van der Waals surface area contributed by atoms with Crippen LogP contribution in [0, 0.1) is 17.0 Å². The number of thiophene rings is 1. The molecule has 4 rings (SSSR count). The third kappa shape index (κ3) is 4.78. The highest BCUT2D eigenvalue weighted by atomic mass is 32.2. The van der Waals surface area contributed by atoms with Crippen molar-refractivity contribution >= 4 is 50.6 Å². The molecule has 34 heavy (non-hydrogen) atoms. The number of allylic oxidation sites excluding steroid dienone is 1. The third-order valence-corrected chi connectivity index (χ3v) is 6.94. The summed E-state index contributed by atoms with van der Waals surface area (Å²) >= 11 is 2.51. The third-order valence-electron chi connectivity index (χ3n) is 5.09. The molecule has 4 aromatic rings. The summed E-state index contributed by atoms with van der Waals surface area (Å²) in [6.07, 6.45) is 1.61. The van der Waals surface area contributed by atoms with Gasteiger partial charge in [0.1, 0.15) is 4.83 Å². The number of aryl methyl sites for hydroxylation is 1. The zero-order valence-electron chi connectivity index (χ0n) is 18.2. The topological polar surface area (TPSA) is 107 Å². The average Bonchev–Trinajstić information content (AvgIpc) is 3.26. The van der Waals surface area contributed by atoms with Crippen LogP contribution in [0.15, 0.2) is 76.5 Å². The first-order chi connectivity index (χ1) is 16.4. The first-order valence-corrected chi connectivity index (χ1v) is 12.1. The van der Waals surface area contributed by atoms with Crippen LogP contribution in [-0.4, -0.2) is 26.1 Å². The Labute approximate surface area is 203 Å². The number of fused-ring (bicyclic) bond motifs is 1. The van der Waals surface area contributed by atoms with Gasteiger partial charge in [-0.3, -0.25) is 24.3 Å². The number of nitrogens with one attached hydrogen (secondary N) is 1. The van der Waals surface area contributed by atoms with Crippen LogP contribution in [0.4, 0.5) is 11.4 Å². The second-order valence-corrected chi connectivity index (χ2v) is 9.19. The standard InChI is InChI=1S/C24H20N4O4S2/c1-3-11-27-23(30)21-18(16-7-5-4-6-8-16)13-33-22(21)26-24(27)34-14-20(29)25-19-12-17(28(31)32)10-9-15(19)2/h3-10,12-13H,1,11,14H2,2H3,(H,25,29). The number of amides is 1. The van der Waals surface area contributed by atoms with Gasteiger partial charge in [-0.15, -0.1) is 17.9 Å². The highest BCUT2D eigenvalue weighted by Gasteiger charge is 2.18. The molecule has 2 aromatic carbocycles. The number of carbonyl (C=O) groups is 1. The second-order valence-electron chi connectivity index (χ2n) is 7.39. The molecule has 0 spiro atoms. The fourth-order valence-corrected chi connectivity index (χ4v) is 5.21. The summed E-state index contributed by atoms with van der Waals surface area (Å²) in [4.78, 5) is 41.8. The zero-order chi connectivity index (χ0) is 24.2. The molecule has 0 unspecified atom stereocenters. The summed E-state index contributed by atoms with van der Waals surface area (Å²) in [5.41, 5.74) is 2.54. The normalized spacial score (nSPS) is 10.9. The van der Waals surface area contributed by atoms with Crippen molar-refractivity contribution in [3.8, 4) is 11.1 Å². The van der Waals surface area contributed by atoms with Crippen LogP contribution in [0.5, 0.6) is 0 Å². The number of nitro groups is 1. The number of nitro benzene ring substituents is 1. The monoisotopic (exact) mass is 492 g/mol. The smallest absolute Gasteiger partial charge is 0.271 e. The van der Waals surface area contributed by atoms with E-state index >= 15 is 0 Å². The molecule has 1 N–H and O–H groups in total. The quantitative estimate of drug-likeness (QED) is 0.118. The molecule has 172 valence electrons. The fourth-order valence-electron chi connectivity index (χ4n) is 3.41. The Morgan fingerprint density at radius 1 is 1.29 bits per heavy atom. The largest absolute Gasteiger partial charge is 0.325 e. The maximum absolute atomic E-state index is 13.4. The molecule has 0 saturated heterocycles. The van der Waals surface area contributed by atoms with E-state index in [-0.39, 0.29) is 29.5 Å². The lowest BCUT2D eigenvalue weighted by molar-refractivity contribution is -0.384. The van der Waals surface area contributed by atoms with E-state index in [9.17, 15) is 19.7 Å². The molecule has 0 fully saturated rings. The van der Waals surface area contributed by atoms with Gasteiger partial charge in [0.15, 0.2) is 5.16 Å². The summed E-state index contributed by atoms with van der Waals surface area (Å²) in [6, 6.07) is 13.9. The number of anilines is 1. The molecule has 0 aliphatic heterocycles. The van der Waals surface area contributed by atoms with Gasteiger partial charge in [-0.05, 0) is 18.1 Å². The zero-order valence-corrected chi connectivity index (χ0v) is 19.8. The number of hydrogen-bond donors (Lipinski definition) is 1. The van der Waals surface area contributed by atoms with E-state index in [1.807, 2.05) is 35.7 Å². The summed E-state index contributed by atoms with van der Waals surface area (Å²) in [5.74, 6) is -0.377. The highest BCUT2D eigenvalue weighted by molar-refractivity contribution is 7.99. The van der Waals surface area contributed by atoms with Crippen LogP contribution in [0.3, 0.4) is 0 Å². The number of non-ortho nitro benzene ring substituents is 1. The highest BCUT2D eigenvalue weighted by Crippen LogP contribution is 2.32. The number of benzene rings is 2. The summed E-state index contributed by atoms with van der Waals surface area (Å²) < 4.78 is 1.51. The molecule has 2 aromatic heterocycles. The number of thioether (sulfide) groups is 1. The molecular formula is C24H20N4O4S2. The van der Waals surface area contributed by atoms with Crippen LogP contribution in [-0.2, 0) is 11.3 Å². The van der Waals surface area contributed by atoms with Gasteiger partial charge in [-0.25, -0.2) is 4.98 Å². The summed E-state index contributed by atoms with van der Waals surface area (Å²) in [5, 5.41) is 16.6. The van der Waals surface area contributed by atoms with Crippen molar-refractivity contribution in [2.45, 2.75) is 18.6 Å². The molecule has 0 bridgehead atoms. The maximum Gasteiger partial charge on any atom is 0.271 e. The van der Waals surface area contributed by atoms with Crippen molar-refractivity contribution < 1.29 is 9.72 Å². The minimum atomic E-state index is -0.512. The molecule has 10 heteroatoms. The Morgan fingerprint density at radius 3 is 2.76 bits per heavy atom. The first-order valence-electron chi connectivity index (χ1n) is 10.2. The lowest BCUT2D eigenvalue weighted by atomic mass is 10.1. The van der Waals surface area contributed by atoms with Crippen molar-refractivity contribution in [2.75, 3.05) is 11.1 Å². The maximum atomic E-state index is 13.4. The van der Waals surface area contributed by atoms with Crippen LogP contribution >= 0.6 is 23.1 Å². The van der Waals surface area contributed by atoms with E-state index in [2.05, 4.69) is 16.9 Å². The fraction of sp³-hybridized carbons (Fsp3) is 0.125. The molecular weight excluding hydrogens is 472 g/mol. The average molecular weight is 493 g/mol. The second kappa shape index (κ2) is 10.0. The van der Waals surface area contributed by atoms with Gasteiger partial charge >= 0.3 is 0 Å². The molecule has 8 nitrogen and oxygen atoms in total. The lowest BCUT2D eigenvalue weighted by Crippen LogP contribution is -2.23. The molecule has 0 radical (unpaired) electrons. The Balaban J connectivity index is 1.61. The predicted octanol–water partition coefficient (Wildman–Crippen LogP) is 5.26. The van der Waals surface area contributed by atoms with Crippen molar-refractivity contribution in [1.82, 2.24) is 9.55 Å². The molecule has 1 amide bonds. The van der Waals surface area contributed by atoms with Gasteiger partial charge < -0.3 is 5.32 Å². The van der Waals surface area contributed by atoms with Crippen molar-refractivity contribution in [2.24, 2.45) is 0 Å². The number of hydrogen-bond acceptors (Lipinski definition) is 7. The number of aromatic nitrogens is 2. The Kier molecular flexibility index (Phi) is 6.90. The van der Waals surface area contributed by atoms with Crippen LogP contribution in [0.2, 0.25) is 0 Å². The molecule has 0 atom stereocenters. The summed E-state index contributed by atoms with van der Waals surface area (Å²) in [7, 11) is 0. The number of rotatable bonds is 8. The SMILES string of the molecule is C=CCn1c(SCC(=O)Nc2cc([N+](=O)[O-])ccc2C)nc2scc(-c3ccccc3)c2c1=O. The minimum absolute atomic E-state index is 0.0197. The van der Waals surface area contributed by atoms with Crippen molar-refractivity contribution in [1.29, 1.82) is 0 Å². The minimum Gasteiger partial charge on any atom is -0.325 e. The number of nitrogens with zero attached hydrogens (tertiary/aromatic N) is 3. The lowest BCUT2D eigenvalue weighted by Gasteiger charge is -2.11. The van der Waals surface area contributed by atoms with Crippen LogP contribution in [0.1, 0.15) is 5.56 Å². The van der Waals surface area contributed by atoms with Gasteiger partial charge in [0, 0.05) is 29.6 Å². The van der Waals surface area contributed by atoms with Crippen LogP contribution < -0.4 is 10.9 Å². The van der Waals surface area contributed by atoms with E-state index in [0.717, 1.165) is 22.9 Å². The molecule has 2 heterocycles. The van der Waals surface area contributed by atoms with Gasteiger partial charge in [0.05, 0.1) is 21.7 Å². The summed E-state index contributed by atoms with van der Waals surface area (Å²) in [6.45, 7) is 5.75. The van der Waals surface area contributed by atoms with E-state index in [1.54, 1.807) is 19.1 Å². The van der Waals surface area contributed by atoms with E-state index in [1.165, 1.54) is 28.0 Å². The van der Waals surface area contributed by atoms with E-state index in [0.29, 0.717) is 26.6 Å². The molecule has 0 aliphatic carbocycles. The van der Waals surface area contributed by atoms with Crippen molar-refractivity contribution in [3.05, 3.63) is 92.6 Å². The van der Waals surface area contributed by atoms with Crippen LogP contribution in [0.25, 0.3) is 21.3 Å². The van der Waals surface area contributed by atoms with Crippen molar-refractivity contribution in [3.63, 3.8) is 0 Å². The predicted molar refractivity (Wildman–Crippen MR) is 137 cm³/mol. The van der Waals surface area contributed by atoms with Gasteiger partial charge in [0.25, 0.3) is 11.2 Å². The Hall–Kier alpha value is -3.76. The van der Waals surface area contributed by atoms with Gasteiger partial charge in [0.2, 0.25) is 5.91 Å². The van der Waals surface area contributed by atoms with Gasteiger partial charge in [-0.2, -0.15) is 0 Å². The molecule has 0 aliphatic rings. The Morgan fingerprint density at radius 2 is 2.06 bits per heavy atom. The number of carbonyl (C=O) groups excluding carboxylic acids is 1.